The molecule has 2 heterocycles. The Morgan fingerprint density at radius 3 is 2.69 bits per heavy atom. The summed E-state index contributed by atoms with van der Waals surface area (Å²) in [5.74, 6) is 1.30. The molecule has 1 aliphatic rings. The monoisotopic (exact) mass is 439 g/mol. The van der Waals surface area contributed by atoms with Crippen LogP contribution in [0.2, 0.25) is 0 Å². The third-order valence-corrected chi connectivity index (χ3v) is 5.49. The lowest BCUT2D eigenvalue weighted by Crippen LogP contribution is -2.46. The quantitative estimate of drug-likeness (QED) is 0.430. The first kappa shape index (κ1) is 23.3. The Kier molecular flexibility index (Phi) is 8.65. The van der Waals surface area contributed by atoms with Crippen molar-refractivity contribution in [1.82, 2.24) is 25.3 Å². The predicted octanol–water partition coefficient (Wildman–Crippen LogP) is 1.84. The molecule has 1 saturated heterocycles. The smallest absolute Gasteiger partial charge is 0.246 e. The lowest BCUT2D eigenvalue weighted by molar-refractivity contribution is -0.121. The van der Waals surface area contributed by atoms with E-state index in [1.807, 2.05) is 24.3 Å². The van der Waals surface area contributed by atoms with Crippen molar-refractivity contribution in [3.8, 4) is 0 Å². The van der Waals surface area contributed by atoms with Crippen LogP contribution in [0.25, 0.3) is 0 Å². The fraction of sp³-hybridized carbons (Fsp3) is 0.478. The van der Waals surface area contributed by atoms with E-state index in [0.717, 1.165) is 49.7 Å². The van der Waals surface area contributed by atoms with Crippen LogP contribution in [-0.2, 0) is 22.7 Å². The number of piperidine rings is 1. The molecule has 3 rings (SSSR count). The number of nitrogens with one attached hydrogen (secondary N) is 3. The average molecular weight is 440 g/mol. The van der Waals surface area contributed by atoms with Gasteiger partial charge in [0, 0.05) is 51.2 Å². The van der Waals surface area contributed by atoms with Crippen LogP contribution in [0.5, 0.6) is 0 Å². The minimum Gasteiger partial charge on any atom is -0.359 e. The van der Waals surface area contributed by atoms with E-state index in [0.29, 0.717) is 18.9 Å². The summed E-state index contributed by atoms with van der Waals surface area (Å²) in [4.78, 5) is 30.9. The molecule has 0 unspecified atom stereocenters. The second-order valence-electron chi connectivity index (χ2n) is 7.93. The van der Waals surface area contributed by atoms with Crippen LogP contribution >= 0.6 is 0 Å². The number of likely N-dealkylation sites (tertiary alicyclic amines) is 1. The Morgan fingerprint density at radius 2 is 2.00 bits per heavy atom. The van der Waals surface area contributed by atoms with E-state index in [1.54, 1.807) is 30.2 Å². The van der Waals surface area contributed by atoms with Gasteiger partial charge in [-0.1, -0.05) is 12.1 Å². The van der Waals surface area contributed by atoms with Gasteiger partial charge in [0.2, 0.25) is 11.8 Å². The molecule has 9 heteroatoms. The molecule has 0 radical (unpaired) electrons. The van der Waals surface area contributed by atoms with Crippen LogP contribution < -0.4 is 16.0 Å². The second kappa shape index (κ2) is 11.9. The second-order valence-corrected chi connectivity index (χ2v) is 7.93. The van der Waals surface area contributed by atoms with Crippen molar-refractivity contribution < 1.29 is 9.59 Å². The molecule has 1 fully saturated rings. The van der Waals surface area contributed by atoms with Gasteiger partial charge >= 0.3 is 0 Å². The zero-order valence-corrected chi connectivity index (χ0v) is 18.9. The molecule has 32 heavy (non-hydrogen) atoms. The number of benzene rings is 1. The van der Waals surface area contributed by atoms with Crippen LogP contribution in [0.3, 0.4) is 0 Å². The lowest BCUT2D eigenvalue weighted by Gasteiger charge is -2.34. The Balaban J connectivity index is 1.56. The third-order valence-electron chi connectivity index (χ3n) is 5.49. The van der Waals surface area contributed by atoms with Crippen molar-refractivity contribution in [1.29, 1.82) is 0 Å². The first-order valence-electron chi connectivity index (χ1n) is 11.2. The molecule has 172 valence electrons. The van der Waals surface area contributed by atoms with Crippen molar-refractivity contribution in [2.75, 3.05) is 32.0 Å². The summed E-state index contributed by atoms with van der Waals surface area (Å²) in [5, 5.41) is 13.1. The molecule has 1 aliphatic heterocycles. The molecular formula is C23H33N7O2. The largest absolute Gasteiger partial charge is 0.359 e. The molecule has 9 nitrogen and oxygen atoms in total. The van der Waals surface area contributed by atoms with Crippen LogP contribution in [0, 0.1) is 5.92 Å². The maximum Gasteiger partial charge on any atom is 0.246 e. The molecular weight excluding hydrogens is 406 g/mol. The molecule has 1 aromatic carbocycles. The molecule has 3 N–H and O–H groups in total. The van der Waals surface area contributed by atoms with Gasteiger partial charge in [-0.3, -0.25) is 14.3 Å². The Bertz CT molecular complexity index is 903. The van der Waals surface area contributed by atoms with Gasteiger partial charge in [-0.05, 0) is 49.4 Å². The minimum atomic E-state index is -0.123. The number of nitrogens with zero attached hydrogens (tertiary/aromatic N) is 4. The van der Waals surface area contributed by atoms with Gasteiger partial charge in [0.1, 0.15) is 6.54 Å². The summed E-state index contributed by atoms with van der Waals surface area (Å²) in [6.45, 7) is 5.32. The molecule has 0 atom stereocenters. The van der Waals surface area contributed by atoms with Crippen LogP contribution in [-0.4, -0.2) is 59.1 Å². The summed E-state index contributed by atoms with van der Waals surface area (Å²) in [7, 11) is 1.69. The van der Waals surface area contributed by atoms with Crippen LogP contribution in [0.4, 0.5) is 5.69 Å². The zero-order chi connectivity index (χ0) is 22.8. The van der Waals surface area contributed by atoms with Gasteiger partial charge in [-0.15, -0.1) is 0 Å². The summed E-state index contributed by atoms with van der Waals surface area (Å²) in [5.41, 5.74) is 1.77. The maximum absolute atomic E-state index is 12.2. The first-order valence-corrected chi connectivity index (χ1v) is 11.2. The molecule has 2 aromatic rings. The van der Waals surface area contributed by atoms with E-state index in [1.165, 1.54) is 0 Å². The fourth-order valence-corrected chi connectivity index (χ4v) is 3.79. The highest BCUT2D eigenvalue weighted by atomic mass is 16.2. The highest BCUT2D eigenvalue weighted by molar-refractivity contribution is 5.90. The maximum atomic E-state index is 12.2. The number of anilines is 1. The molecule has 1 aromatic heterocycles. The van der Waals surface area contributed by atoms with Gasteiger partial charge < -0.3 is 20.9 Å². The number of rotatable bonds is 8. The molecule has 0 spiro atoms. The van der Waals surface area contributed by atoms with Crippen molar-refractivity contribution in [3.63, 3.8) is 0 Å². The van der Waals surface area contributed by atoms with Gasteiger partial charge in [0.25, 0.3) is 0 Å². The average Bonchev–Trinajstić information content (AvgIpc) is 3.30. The normalized spacial score (nSPS) is 14.8. The predicted molar refractivity (Wildman–Crippen MR) is 125 cm³/mol. The number of hydrogen-bond donors (Lipinski definition) is 3. The van der Waals surface area contributed by atoms with Crippen molar-refractivity contribution in [2.24, 2.45) is 10.9 Å². The SMILES string of the molecule is CCNC(=NCc1cccc(NC(=O)Cn2cccn2)c1)N1CCC(CC(=O)NC)CC1. The van der Waals surface area contributed by atoms with Crippen LogP contribution in [0.1, 0.15) is 31.7 Å². The molecule has 2 amide bonds. The number of aromatic nitrogens is 2. The highest BCUT2D eigenvalue weighted by Gasteiger charge is 2.23. The van der Waals surface area contributed by atoms with Crippen molar-refractivity contribution >= 4 is 23.5 Å². The highest BCUT2D eigenvalue weighted by Crippen LogP contribution is 2.20. The molecule has 0 saturated carbocycles. The lowest BCUT2D eigenvalue weighted by atomic mass is 9.93. The number of guanidine groups is 1. The van der Waals surface area contributed by atoms with Gasteiger partial charge in [-0.2, -0.15) is 5.10 Å². The van der Waals surface area contributed by atoms with E-state index in [2.05, 4.69) is 32.9 Å². The summed E-state index contributed by atoms with van der Waals surface area (Å²) < 4.78 is 1.59. The molecule has 0 aliphatic carbocycles. The fourth-order valence-electron chi connectivity index (χ4n) is 3.79. The van der Waals surface area contributed by atoms with Gasteiger partial charge in [0.15, 0.2) is 5.96 Å². The standard InChI is InChI=1S/C23H33N7O2/c1-3-25-23(29-12-8-18(9-13-29)15-21(31)24-2)26-16-19-6-4-7-20(14-19)28-22(32)17-30-11-5-10-27-30/h4-7,10-11,14,18H,3,8-9,12-13,15-17H2,1-2H3,(H,24,31)(H,25,26)(H,28,32). The number of hydrogen-bond acceptors (Lipinski definition) is 4. The van der Waals surface area contributed by atoms with E-state index in [9.17, 15) is 9.59 Å². The Labute approximate surface area is 189 Å². The molecule has 0 bridgehead atoms. The zero-order valence-electron chi connectivity index (χ0n) is 18.9. The number of carbonyl (C=O) groups is 2. The Morgan fingerprint density at radius 1 is 1.19 bits per heavy atom. The van der Waals surface area contributed by atoms with E-state index >= 15 is 0 Å². The third kappa shape index (κ3) is 7.11. The first-order chi connectivity index (χ1) is 15.6. The minimum absolute atomic E-state index is 0.112. The van der Waals surface area contributed by atoms with Gasteiger partial charge in [0.05, 0.1) is 6.54 Å². The number of carbonyl (C=O) groups excluding carboxylic acids is 2. The van der Waals surface area contributed by atoms with E-state index in [4.69, 9.17) is 4.99 Å². The van der Waals surface area contributed by atoms with Crippen LogP contribution in [0.15, 0.2) is 47.7 Å². The topological polar surface area (TPSA) is 104 Å². The van der Waals surface area contributed by atoms with E-state index < -0.39 is 0 Å². The summed E-state index contributed by atoms with van der Waals surface area (Å²) >= 11 is 0. The van der Waals surface area contributed by atoms with Crippen molar-refractivity contribution in [2.45, 2.75) is 39.3 Å². The van der Waals surface area contributed by atoms with E-state index in [-0.39, 0.29) is 18.4 Å². The van der Waals surface area contributed by atoms with Gasteiger partial charge in [-0.25, -0.2) is 4.99 Å². The number of aliphatic imine (C=N–C) groups is 1. The number of amides is 2. The van der Waals surface area contributed by atoms with Crippen molar-refractivity contribution in [3.05, 3.63) is 48.3 Å². The summed E-state index contributed by atoms with van der Waals surface area (Å²) in [6.07, 6.45) is 5.97. The Hall–Kier alpha value is -3.36. The summed E-state index contributed by atoms with van der Waals surface area (Å²) in [6, 6.07) is 9.54.